The van der Waals surface area contributed by atoms with Gasteiger partial charge in [0.1, 0.15) is 12.6 Å². The number of benzene rings is 1. The van der Waals surface area contributed by atoms with Gasteiger partial charge in [0.25, 0.3) is 5.91 Å². The lowest BCUT2D eigenvalue weighted by atomic mass is 9.70. The van der Waals surface area contributed by atoms with Gasteiger partial charge in [0.2, 0.25) is 0 Å². The van der Waals surface area contributed by atoms with E-state index in [2.05, 4.69) is 47.6 Å². The molecule has 2 aliphatic rings. The highest BCUT2D eigenvalue weighted by atomic mass is 79.9. The number of ether oxygens (including phenoxy) is 1. The summed E-state index contributed by atoms with van der Waals surface area (Å²) in [4.78, 5) is 24.2. The summed E-state index contributed by atoms with van der Waals surface area (Å²) in [6.07, 6.45) is 3.24. The van der Waals surface area contributed by atoms with Crippen LogP contribution in [0.4, 0.5) is 0 Å². The lowest BCUT2D eigenvalue weighted by molar-refractivity contribution is -0.155. The smallest absolute Gasteiger partial charge is 0.322 e. The van der Waals surface area contributed by atoms with Crippen LogP contribution < -0.4 is 10.9 Å². The van der Waals surface area contributed by atoms with Crippen molar-refractivity contribution in [1.82, 2.24) is 10.9 Å². The third-order valence-electron chi connectivity index (χ3n) is 6.54. The Labute approximate surface area is 157 Å². The van der Waals surface area contributed by atoms with E-state index in [0.29, 0.717) is 16.0 Å². The lowest BCUT2D eigenvalue weighted by Gasteiger charge is -2.38. The van der Waals surface area contributed by atoms with Crippen LogP contribution in [0.15, 0.2) is 28.7 Å². The molecule has 1 aromatic rings. The number of hydrogen-bond donors (Lipinski definition) is 2. The van der Waals surface area contributed by atoms with Gasteiger partial charge in [0.15, 0.2) is 0 Å². The number of nitrogens with one attached hydrogen (secondary N) is 2. The molecule has 0 saturated heterocycles. The predicted octanol–water partition coefficient (Wildman–Crippen LogP) is 3.44. The van der Waals surface area contributed by atoms with E-state index >= 15 is 0 Å². The zero-order valence-electron chi connectivity index (χ0n) is 14.9. The summed E-state index contributed by atoms with van der Waals surface area (Å²) in [5.74, 6) is -0.00584. The summed E-state index contributed by atoms with van der Waals surface area (Å²) in [6, 6.07) is 7.12. The van der Waals surface area contributed by atoms with Gasteiger partial charge in [0.05, 0.1) is 5.56 Å². The highest BCUT2D eigenvalue weighted by Crippen LogP contribution is 2.66. The van der Waals surface area contributed by atoms with Crippen molar-refractivity contribution >= 4 is 27.8 Å². The van der Waals surface area contributed by atoms with E-state index in [1.165, 1.54) is 6.42 Å². The van der Waals surface area contributed by atoms with E-state index in [1.807, 2.05) is 6.07 Å². The Morgan fingerprint density at radius 2 is 2.00 bits per heavy atom. The quantitative estimate of drug-likeness (QED) is 0.578. The van der Waals surface area contributed by atoms with Crippen molar-refractivity contribution in [3.63, 3.8) is 0 Å². The number of esters is 1. The molecule has 2 aliphatic carbocycles. The van der Waals surface area contributed by atoms with Gasteiger partial charge >= 0.3 is 5.97 Å². The number of halogens is 1. The minimum absolute atomic E-state index is 0.0329. The molecule has 1 amide bonds. The van der Waals surface area contributed by atoms with Gasteiger partial charge in [0, 0.05) is 9.89 Å². The zero-order valence-corrected chi connectivity index (χ0v) is 16.5. The van der Waals surface area contributed by atoms with Crippen molar-refractivity contribution < 1.29 is 14.3 Å². The number of hydrogen-bond acceptors (Lipinski definition) is 4. The van der Waals surface area contributed by atoms with Crippen LogP contribution in [-0.2, 0) is 9.53 Å². The minimum atomic E-state index is -0.331. The molecule has 0 spiro atoms. The molecule has 25 heavy (non-hydrogen) atoms. The van der Waals surface area contributed by atoms with Crippen LogP contribution >= 0.6 is 15.9 Å². The molecule has 136 valence electrons. The van der Waals surface area contributed by atoms with Crippen molar-refractivity contribution in [3.8, 4) is 0 Å². The molecular weight excluding hydrogens is 384 g/mol. The van der Waals surface area contributed by atoms with Crippen LogP contribution in [0.5, 0.6) is 0 Å². The highest BCUT2D eigenvalue weighted by Gasteiger charge is 2.62. The fourth-order valence-corrected chi connectivity index (χ4v) is 4.88. The van der Waals surface area contributed by atoms with E-state index in [4.69, 9.17) is 4.74 Å². The first kappa shape index (κ1) is 18.4. The SMILES string of the molecule is CC1(C)[C@H]2CC[C@@]1(C)[C@H](OC(=O)CNNC(=O)c1ccccc1Br)C2. The fraction of sp³-hybridized carbons (Fsp3) is 0.579. The van der Waals surface area contributed by atoms with Gasteiger partial charge in [-0.15, -0.1) is 0 Å². The van der Waals surface area contributed by atoms with Gasteiger partial charge in [-0.1, -0.05) is 32.9 Å². The van der Waals surface area contributed by atoms with E-state index in [-0.39, 0.29) is 35.4 Å². The second-order valence-electron chi connectivity index (χ2n) is 7.88. The number of carbonyl (C=O) groups excluding carboxylic acids is 2. The Kier molecular flexibility index (Phi) is 4.95. The molecule has 2 saturated carbocycles. The van der Waals surface area contributed by atoms with E-state index in [9.17, 15) is 9.59 Å². The van der Waals surface area contributed by atoms with Crippen LogP contribution in [0.3, 0.4) is 0 Å². The summed E-state index contributed by atoms with van der Waals surface area (Å²) in [5, 5.41) is 0. The van der Waals surface area contributed by atoms with Crippen molar-refractivity contribution in [2.24, 2.45) is 16.7 Å². The first-order chi connectivity index (χ1) is 11.8. The van der Waals surface area contributed by atoms with Crippen LogP contribution in [0, 0.1) is 16.7 Å². The summed E-state index contributed by atoms with van der Waals surface area (Å²) < 4.78 is 6.44. The van der Waals surface area contributed by atoms with Crippen molar-refractivity contribution in [3.05, 3.63) is 34.3 Å². The minimum Gasteiger partial charge on any atom is -0.461 e. The maximum Gasteiger partial charge on any atom is 0.322 e. The maximum absolute atomic E-state index is 12.2. The first-order valence-corrected chi connectivity index (χ1v) is 9.52. The van der Waals surface area contributed by atoms with Gasteiger partial charge in [-0.2, -0.15) is 0 Å². The van der Waals surface area contributed by atoms with Crippen LogP contribution in [0.1, 0.15) is 50.4 Å². The Morgan fingerprint density at radius 3 is 2.60 bits per heavy atom. The van der Waals surface area contributed by atoms with Crippen LogP contribution in [0.25, 0.3) is 0 Å². The number of hydrazine groups is 1. The molecule has 2 fully saturated rings. The molecule has 0 radical (unpaired) electrons. The molecular formula is C19H25BrN2O3. The van der Waals surface area contributed by atoms with Crippen LogP contribution in [0.2, 0.25) is 0 Å². The van der Waals surface area contributed by atoms with E-state index in [0.717, 1.165) is 12.8 Å². The van der Waals surface area contributed by atoms with E-state index in [1.54, 1.807) is 18.2 Å². The van der Waals surface area contributed by atoms with Gasteiger partial charge < -0.3 is 4.74 Å². The molecule has 3 rings (SSSR count). The Hall–Kier alpha value is -1.40. The first-order valence-electron chi connectivity index (χ1n) is 8.73. The van der Waals surface area contributed by atoms with Gasteiger partial charge in [-0.05, 0) is 58.7 Å². The maximum atomic E-state index is 12.2. The van der Waals surface area contributed by atoms with Crippen molar-refractivity contribution in [1.29, 1.82) is 0 Å². The molecule has 5 nitrogen and oxygen atoms in total. The molecule has 6 heteroatoms. The Morgan fingerprint density at radius 1 is 1.28 bits per heavy atom. The molecule has 0 aliphatic heterocycles. The van der Waals surface area contributed by atoms with Crippen molar-refractivity contribution in [2.75, 3.05) is 6.54 Å². The number of carbonyl (C=O) groups is 2. The average Bonchev–Trinajstić information content (AvgIpc) is 2.88. The monoisotopic (exact) mass is 408 g/mol. The molecule has 0 heterocycles. The third-order valence-corrected chi connectivity index (χ3v) is 7.23. The van der Waals surface area contributed by atoms with Crippen molar-refractivity contribution in [2.45, 2.75) is 46.1 Å². The normalized spacial score (nSPS) is 29.4. The number of rotatable bonds is 5. The average molecular weight is 409 g/mol. The third kappa shape index (κ3) is 3.22. The largest absolute Gasteiger partial charge is 0.461 e. The Balaban J connectivity index is 1.48. The summed E-state index contributed by atoms with van der Waals surface area (Å²) in [5.41, 5.74) is 5.96. The Bertz CT molecular complexity index is 691. The summed E-state index contributed by atoms with van der Waals surface area (Å²) >= 11 is 3.33. The molecule has 2 N–H and O–H groups in total. The molecule has 1 aromatic carbocycles. The number of fused-ring (bicyclic) bond motifs is 2. The number of amides is 1. The highest BCUT2D eigenvalue weighted by molar-refractivity contribution is 9.10. The summed E-state index contributed by atoms with van der Waals surface area (Å²) in [7, 11) is 0. The van der Waals surface area contributed by atoms with Gasteiger partial charge in [-0.25, -0.2) is 5.43 Å². The predicted molar refractivity (Wildman–Crippen MR) is 98.7 cm³/mol. The zero-order chi connectivity index (χ0) is 18.2. The molecule has 3 atom stereocenters. The molecule has 0 unspecified atom stereocenters. The van der Waals surface area contributed by atoms with Gasteiger partial charge in [-0.3, -0.25) is 15.0 Å². The topological polar surface area (TPSA) is 67.4 Å². The van der Waals surface area contributed by atoms with Crippen LogP contribution in [-0.4, -0.2) is 24.5 Å². The molecule has 2 bridgehead atoms. The van der Waals surface area contributed by atoms with E-state index < -0.39 is 0 Å². The standard InChI is InChI=1S/C19H25BrN2O3/c1-18(2)12-8-9-19(18,3)15(10-12)25-16(23)11-21-22-17(24)13-6-4-5-7-14(13)20/h4-7,12,15,21H,8-11H2,1-3H3,(H,22,24)/t12-,15+,19-/m0/s1. The fourth-order valence-electron chi connectivity index (χ4n) is 4.42. The lowest BCUT2D eigenvalue weighted by Crippen LogP contribution is -2.44. The summed E-state index contributed by atoms with van der Waals surface area (Å²) in [6.45, 7) is 6.76. The molecule has 0 aromatic heterocycles. The second-order valence-corrected chi connectivity index (χ2v) is 8.73. The second kappa shape index (κ2) is 6.72.